The molecule has 1 fully saturated rings. The first-order valence-electron chi connectivity index (χ1n) is 9.38. The summed E-state index contributed by atoms with van der Waals surface area (Å²) < 4.78 is 11.1. The molecule has 4 nitrogen and oxygen atoms in total. The van der Waals surface area contributed by atoms with Gasteiger partial charge in [0.2, 0.25) is 0 Å². The van der Waals surface area contributed by atoms with Crippen molar-refractivity contribution in [2.45, 2.75) is 37.7 Å². The Bertz CT molecular complexity index is 772. The second kappa shape index (κ2) is 9.81. The Balaban J connectivity index is 1.48. The summed E-state index contributed by atoms with van der Waals surface area (Å²) in [4.78, 5) is 12.2. The lowest BCUT2D eigenvalue weighted by Gasteiger charge is -2.21. The number of hydrogen-bond acceptors (Lipinski definition) is 4. The number of carbonyl (C=O) groups excluding carboxylic acids is 1. The number of anilines is 1. The Kier molecular flexibility index (Phi) is 7.18. The Hall–Kier alpha value is -1.98. The number of amides is 1. The Morgan fingerprint density at radius 1 is 1.19 bits per heavy atom. The third kappa shape index (κ3) is 6.29. The van der Waals surface area contributed by atoms with Crippen molar-refractivity contribution in [1.29, 1.82) is 0 Å². The number of aryl methyl sites for hydroxylation is 2. The number of carbonyl (C=O) groups is 1. The molecule has 1 amide bonds. The molecule has 0 saturated carbocycles. The quantitative estimate of drug-likeness (QED) is 0.748. The van der Waals surface area contributed by atoms with Crippen LogP contribution in [0.1, 0.15) is 29.5 Å². The first-order valence-corrected chi connectivity index (χ1v) is 10.4. The normalized spacial score (nSPS) is 14.7. The molecule has 5 heteroatoms. The van der Waals surface area contributed by atoms with Crippen LogP contribution in [-0.4, -0.2) is 31.0 Å². The molecule has 3 rings (SSSR count). The van der Waals surface area contributed by atoms with Crippen LogP contribution in [0.4, 0.5) is 5.69 Å². The topological polar surface area (TPSA) is 47.6 Å². The van der Waals surface area contributed by atoms with Crippen LogP contribution in [0.5, 0.6) is 5.75 Å². The maximum absolute atomic E-state index is 12.2. The van der Waals surface area contributed by atoms with E-state index in [1.807, 2.05) is 62.0 Å². The van der Waals surface area contributed by atoms with E-state index in [9.17, 15) is 4.79 Å². The summed E-state index contributed by atoms with van der Waals surface area (Å²) in [6.45, 7) is 5.77. The van der Waals surface area contributed by atoms with Crippen LogP contribution in [0.3, 0.4) is 0 Å². The van der Waals surface area contributed by atoms with Gasteiger partial charge in [0, 0.05) is 29.9 Å². The third-order valence-corrected chi connectivity index (χ3v) is 6.00. The largest absolute Gasteiger partial charge is 0.483 e. The summed E-state index contributed by atoms with van der Waals surface area (Å²) in [7, 11) is 0. The highest BCUT2D eigenvalue weighted by atomic mass is 32.2. The molecule has 2 aromatic rings. The van der Waals surface area contributed by atoms with Gasteiger partial charge >= 0.3 is 0 Å². The number of nitrogens with one attached hydrogen (secondary N) is 1. The zero-order valence-corrected chi connectivity index (χ0v) is 16.8. The summed E-state index contributed by atoms with van der Waals surface area (Å²) >= 11 is 1.97. The van der Waals surface area contributed by atoms with E-state index in [-0.39, 0.29) is 12.5 Å². The van der Waals surface area contributed by atoms with Crippen LogP contribution >= 0.6 is 11.8 Å². The van der Waals surface area contributed by atoms with Crippen LogP contribution in [0.25, 0.3) is 0 Å². The van der Waals surface area contributed by atoms with Crippen LogP contribution in [-0.2, 0) is 15.3 Å². The van der Waals surface area contributed by atoms with Gasteiger partial charge in [-0.05, 0) is 56.0 Å². The van der Waals surface area contributed by atoms with Gasteiger partial charge in [-0.15, -0.1) is 0 Å². The van der Waals surface area contributed by atoms with Crippen LogP contribution < -0.4 is 10.1 Å². The summed E-state index contributed by atoms with van der Waals surface area (Å²) in [6, 6.07) is 14.0. The Morgan fingerprint density at radius 2 is 2.00 bits per heavy atom. The standard InChI is InChI=1S/C22H27NO3S/c1-16-6-7-21(17(2)12-16)26-14-22(24)23-19-5-3-4-18(13-19)15-27-20-8-10-25-11-9-20/h3-7,12-13,20H,8-11,14-15H2,1-2H3,(H,23,24). The second-order valence-corrected chi connectivity index (χ2v) is 8.22. The predicted octanol–water partition coefficient (Wildman–Crippen LogP) is 4.73. The zero-order valence-electron chi connectivity index (χ0n) is 16.0. The first kappa shape index (κ1) is 19.8. The summed E-state index contributed by atoms with van der Waals surface area (Å²) in [6.07, 6.45) is 2.24. The monoisotopic (exact) mass is 385 g/mol. The van der Waals surface area contributed by atoms with E-state index in [1.165, 1.54) is 11.1 Å². The van der Waals surface area contributed by atoms with Crippen LogP contribution in [0.2, 0.25) is 0 Å². The van der Waals surface area contributed by atoms with Gasteiger partial charge in [-0.3, -0.25) is 4.79 Å². The highest BCUT2D eigenvalue weighted by molar-refractivity contribution is 7.99. The molecule has 1 aliphatic heterocycles. The zero-order chi connectivity index (χ0) is 19.1. The fourth-order valence-corrected chi connectivity index (χ4v) is 4.23. The molecular weight excluding hydrogens is 358 g/mol. The van der Waals surface area contributed by atoms with Crippen molar-refractivity contribution in [3.8, 4) is 5.75 Å². The molecule has 144 valence electrons. The molecule has 1 heterocycles. The van der Waals surface area contributed by atoms with Crippen LogP contribution in [0, 0.1) is 13.8 Å². The molecule has 1 saturated heterocycles. The summed E-state index contributed by atoms with van der Waals surface area (Å²) in [5.41, 5.74) is 4.25. The molecule has 0 unspecified atom stereocenters. The van der Waals surface area contributed by atoms with Crippen molar-refractivity contribution in [2.75, 3.05) is 25.1 Å². The fourth-order valence-electron chi connectivity index (χ4n) is 3.10. The van der Waals surface area contributed by atoms with Crippen molar-refractivity contribution in [1.82, 2.24) is 0 Å². The molecule has 0 bridgehead atoms. The molecule has 0 atom stereocenters. The van der Waals surface area contributed by atoms with Gasteiger partial charge in [0.25, 0.3) is 5.91 Å². The van der Waals surface area contributed by atoms with Crippen molar-refractivity contribution in [2.24, 2.45) is 0 Å². The van der Waals surface area contributed by atoms with E-state index in [0.29, 0.717) is 5.25 Å². The van der Waals surface area contributed by atoms with Crippen molar-refractivity contribution in [3.05, 3.63) is 59.2 Å². The second-order valence-electron chi connectivity index (χ2n) is 6.93. The number of rotatable bonds is 7. The Morgan fingerprint density at radius 3 is 2.78 bits per heavy atom. The van der Waals surface area contributed by atoms with Gasteiger partial charge < -0.3 is 14.8 Å². The average Bonchev–Trinajstić information content (AvgIpc) is 2.67. The smallest absolute Gasteiger partial charge is 0.262 e. The SMILES string of the molecule is Cc1ccc(OCC(=O)Nc2cccc(CSC3CCOCC3)c2)c(C)c1. The van der Waals surface area contributed by atoms with E-state index >= 15 is 0 Å². The van der Waals surface area contributed by atoms with Gasteiger partial charge in [-0.2, -0.15) is 11.8 Å². The molecule has 2 aromatic carbocycles. The molecule has 1 N–H and O–H groups in total. The number of ether oxygens (including phenoxy) is 2. The Labute approximate surface area is 165 Å². The summed E-state index contributed by atoms with van der Waals surface area (Å²) in [5, 5.41) is 3.60. The minimum atomic E-state index is -0.149. The van der Waals surface area contributed by atoms with E-state index < -0.39 is 0 Å². The third-order valence-electron chi connectivity index (χ3n) is 4.55. The van der Waals surface area contributed by atoms with E-state index in [1.54, 1.807) is 0 Å². The average molecular weight is 386 g/mol. The van der Waals surface area contributed by atoms with Crippen molar-refractivity contribution < 1.29 is 14.3 Å². The van der Waals surface area contributed by atoms with Crippen molar-refractivity contribution >= 4 is 23.4 Å². The molecule has 0 aromatic heterocycles. The van der Waals surface area contributed by atoms with Crippen LogP contribution in [0.15, 0.2) is 42.5 Å². The molecule has 0 radical (unpaired) electrons. The van der Waals surface area contributed by atoms with Gasteiger partial charge in [-0.1, -0.05) is 29.8 Å². The van der Waals surface area contributed by atoms with Gasteiger partial charge in [0.15, 0.2) is 6.61 Å². The number of thioether (sulfide) groups is 1. The van der Waals surface area contributed by atoms with Gasteiger partial charge in [-0.25, -0.2) is 0 Å². The number of benzene rings is 2. The lowest BCUT2D eigenvalue weighted by atomic mass is 10.1. The molecule has 1 aliphatic rings. The van der Waals surface area contributed by atoms with E-state index in [4.69, 9.17) is 9.47 Å². The number of hydrogen-bond donors (Lipinski definition) is 1. The maximum atomic E-state index is 12.2. The van der Waals surface area contributed by atoms with E-state index in [2.05, 4.69) is 11.4 Å². The van der Waals surface area contributed by atoms with E-state index in [0.717, 1.165) is 48.8 Å². The summed E-state index contributed by atoms with van der Waals surface area (Å²) in [5.74, 6) is 1.55. The predicted molar refractivity (Wildman–Crippen MR) is 112 cm³/mol. The molecule has 0 spiro atoms. The van der Waals surface area contributed by atoms with Gasteiger partial charge in [0.05, 0.1) is 0 Å². The molecule has 27 heavy (non-hydrogen) atoms. The minimum Gasteiger partial charge on any atom is -0.483 e. The highest BCUT2D eigenvalue weighted by Crippen LogP contribution is 2.26. The molecular formula is C22H27NO3S. The molecule has 0 aliphatic carbocycles. The fraction of sp³-hybridized carbons (Fsp3) is 0.409. The lowest BCUT2D eigenvalue weighted by molar-refractivity contribution is -0.118. The first-order chi connectivity index (χ1) is 13.1. The highest BCUT2D eigenvalue weighted by Gasteiger charge is 2.14. The van der Waals surface area contributed by atoms with Crippen molar-refractivity contribution in [3.63, 3.8) is 0 Å². The lowest BCUT2D eigenvalue weighted by Crippen LogP contribution is -2.20. The minimum absolute atomic E-state index is 0.00491. The maximum Gasteiger partial charge on any atom is 0.262 e. The van der Waals surface area contributed by atoms with Gasteiger partial charge in [0.1, 0.15) is 5.75 Å².